The number of hydrogen-bond donors (Lipinski definition) is 2. The molecule has 0 saturated heterocycles. The fraction of sp³-hybridized carbons (Fsp3) is 0.240. The van der Waals surface area contributed by atoms with Gasteiger partial charge in [0.1, 0.15) is 5.76 Å². The van der Waals surface area contributed by atoms with Crippen LogP contribution in [0, 0.1) is 17.0 Å². The molecule has 0 bridgehead atoms. The van der Waals surface area contributed by atoms with E-state index in [9.17, 15) is 19.7 Å². The van der Waals surface area contributed by atoms with Crippen LogP contribution in [-0.4, -0.2) is 22.4 Å². The summed E-state index contributed by atoms with van der Waals surface area (Å²) in [5.74, 6) is -0.0446. The van der Waals surface area contributed by atoms with E-state index < -0.39 is 10.8 Å². The number of aryl methyl sites for hydroxylation is 2. The number of nitrogens with zero attached hydrogens (tertiary/aromatic N) is 2. The molecular formula is C25H24N4O5. The third kappa shape index (κ3) is 4.73. The molecule has 1 heterocycles. The number of nitrogens with one attached hydrogen (secondary N) is 2. The van der Waals surface area contributed by atoms with Gasteiger partial charge in [-0.1, -0.05) is 25.1 Å². The van der Waals surface area contributed by atoms with Crippen LogP contribution in [0.4, 0.5) is 11.4 Å². The Morgan fingerprint density at radius 2 is 1.88 bits per heavy atom. The van der Waals surface area contributed by atoms with Crippen molar-refractivity contribution in [3.8, 4) is 0 Å². The SMILES string of the molecule is CCc1ccc(NC(=O)c2oc3c(c2C)/C(=N/NC(=O)c2cccc([N+](=O)[O-])c2)CCC3)cc1. The molecular weight excluding hydrogens is 436 g/mol. The molecule has 1 aliphatic rings. The first-order valence-corrected chi connectivity index (χ1v) is 11.0. The number of nitro groups is 1. The van der Waals surface area contributed by atoms with Crippen LogP contribution in [0.5, 0.6) is 0 Å². The van der Waals surface area contributed by atoms with Crippen LogP contribution in [0.25, 0.3) is 0 Å². The molecule has 0 aliphatic heterocycles. The number of fused-ring (bicyclic) bond motifs is 1. The quantitative estimate of drug-likeness (QED) is 0.404. The van der Waals surface area contributed by atoms with E-state index in [2.05, 4.69) is 22.8 Å². The van der Waals surface area contributed by atoms with Crippen molar-refractivity contribution in [2.75, 3.05) is 5.32 Å². The van der Waals surface area contributed by atoms with E-state index in [-0.39, 0.29) is 22.9 Å². The lowest BCUT2D eigenvalue weighted by Gasteiger charge is -2.13. The van der Waals surface area contributed by atoms with E-state index in [0.29, 0.717) is 35.6 Å². The molecule has 9 heteroatoms. The van der Waals surface area contributed by atoms with Crippen LogP contribution in [0.3, 0.4) is 0 Å². The third-order valence-corrected chi connectivity index (χ3v) is 5.76. The monoisotopic (exact) mass is 460 g/mol. The average molecular weight is 460 g/mol. The van der Waals surface area contributed by atoms with Crippen molar-refractivity contribution in [2.24, 2.45) is 5.10 Å². The summed E-state index contributed by atoms with van der Waals surface area (Å²) in [7, 11) is 0. The van der Waals surface area contributed by atoms with Gasteiger partial charge in [-0.05, 0) is 49.9 Å². The van der Waals surface area contributed by atoms with E-state index in [1.807, 2.05) is 24.3 Å². The number of nitro benzene ring substituents is 1. The van der Waals surface area contributed by atoms with Crippen molar-refractivity contribution >= 4 is 28.9 Å². The first kappa shape index (κ1) is 22.9. The second kappa shape index (κ2) is 9.70. The van der Waals surface area contributed by atoms with Gasteiger partial charge in [-0.15, -0.1) is 0 Å². The number of hydrogen-bond acceptors (Lipinski definition) is 6. The van der Waals surface area contributed by atoms with Crippen LogP contribution in [-0.2, 0) is 12.8 Å². The Hall–Kier alpha value is -4.27. The standard InChI is InChI=1S/C25H24N4O5/c1-3-16-10-12-18(13-11-16)26-25(31)23-15(2)22-20(8-5-9-21(22)34-23)27-28-24(30)17-6-4-7-19(14-17)29(32)33/h4,6-7,10-14H,3,5,8-9H2,1-2H3,(H,26,31)(H,28,30)/b27-20+. The Morgan fingerprint density at radius 3 is 2.59 bits per heavy atom. The van der Waals surface area contributed by atoms with Crippen molar-refractivity contribution in [1.82, 2.24) is 5.43 Å². The number of anilines is 1. The number of carbonyl (C=O) groups is 2. The normalized spacial score (nSPS) is 13.9. The summed E-state index contributed by atoms with van der Waals surface area (Å²) in [5, 5.41) is 18.1. The average Bonchev–Trinajstić information content (AvgIpc) is 3.20. The molecule has 2 amide bonds. The zero-order valence-corrected chi connectivity index (χ0v) is 18.9. The number of hydrazone groups is 1. The topological polar surface area (TPSA) is 127 Å². The lowest BCUT2D eigenvalue weighted by molar-refractivity contribution is -0.384. The minimum Gasteiger partial charge on any atom is -0.455 e. The molecule has 9 nitrogen and oxygen atoms in total. The summed E-state index contributed by atoms with van der Waals surface area (Å²) in [6.45, 7) is 3.86. The Kier molecular flexibility index (Phi) is 6.53. The Bertz CT molecular complexity index is 1290. The minimum absolute atomic E-state index is 0.132. The van der Waals surface area contributed by atoms with Crippen LogP contribution in [0.15, 0.2) is 58.0 Å². The molecule has 0 spiro atoms. The number of rotatable bonds is 6. The fourth-order valence-electron chi connectivity index (χ4n) is 3.95. The molecule has 34 heavy (non-hydrogen) atoms. The number of benzene rings is 2. The van der Waals surface area contributed by atoms with Gasteiger partial charge in [-0.25, -0.2) is 5.43 Å². The maximum absolute atomic E-state index is 12.9. The summed E-state index contributed by atoms with van der Waals surface area (Å²) < 4.78 is 5.90. The molecule has 1 aromatic heterocycles. The molecule has 0 fully saturated rings. The van der Waals surface area contributed by atoms with Gasteiger partial charge in [0.15, 0.2) is 5.76 Å². The highest BCUT2D eigenvalue weighted by molar-refractivity contribution is 6.09. The molecule has 174 valence electrons. The van der Waals surface area contributed by atoms with Crippen LogP contribution < -0.4 is 10.7 Å². The number of non-ortho nitro benzene ring substituents is 1. The van der Waals surface area contributed by atoms with E-state index >= 15 is 0 Å². The second-order valence-electron chi connectivity index (χ2n) is 8.02. The number of carbonyl (C=O) groups excluding carboxylic acids is 2. The highest BCUT2D eigenvalue weighted by Gasteiger charge is 2.28. The predicted octanol–water partition coefficient (Wildman–Crippen LogP) is 4.78. The maximum atomic E-state index is 12.9. The zero-order chi connectivity index (χ0) is 24.2. The van der Waals surface area contributed by atoms with Crippen LogP contribution >= 0.6 is 0 Å². The van der Waals surface area contributed by atoms with E-state index in [1.165, 1.54) is 29.8 Å². The molecule has 0 atom stereocenters. The summed E-state index contributed by atoms with van der Waals surface area (Å²) in [4.78, 5) is 35.8. The molecule has 4 rings (SSSR count). The first-order chi connectivity index (χ1) is 16.4. The predicted molar refractivity (Wildman–Crippen MR) is 127 cm³/mol. The molecule has 1 aliphatic carbocycles. The van der Waals surface area contributed by atoms with Crippen molar-refractivity contribution in [2.45, 2.75) is 39.5 Å². The summed E-state index contributed by atoms with van der Waals surface area (Å²) >= 11 is 0. The molecule has 2 N–H and O–H groups in total. The van der Waals surface area contributed by atoms with Gasteiger partial charge >= 0.3 is 0 Å². The first-order valence-electron chi connectivity index (χ1n) is 11.0. The van der Waals surface area contributed by atoms with Crippen LogP contribution in [0.1, 0.15) is 63.1 Å². The number of amides is 2. The zero-order valence-electron chi connectivity index (χ0n) is 18.9. The largest absolute Gasteiger partial charge is 0.455 e. The van der Waals surface area contributed by atoms with Gasteiger partial charge in [-0.3, -0.25) is 19.7 Å². The van der Waals surface area contributed by atoms with E-state index in [1.54, 1.807) is 6.92 Å². The fourth-order valence-corrected chi connectivity index (χ4v) is 3.95. The smallest absolute Gasteiger partial charge is 0.291 e. The van der Waals surface area contributed by atoms with E-state index in [4.69, 9.17) is 4.42 Å². The van der Waals surface area contributed by atoms with E-state index in [0.717, 1.165) is 18.4 Å². The van der Waals surface area contributed by atoms with Crippen molar-refractivity contribution in [1.29, 1.82) is 0 Å². The minimum atomic E-state index is -0.560. The lowest BCUT2D eigenvalue weighted by atomic mass is 9.93. The van der Waals surface area contributed by atoms with Crippen LogP contribution in [0.2, 0.25) is 0 Å². The van der Waals surface area contributed by atoms with Crippen molar-refractivity contribution in [3.63, 3.8) is 0 Å². The highest BCUT2D eigenvalue weighted by atomic mass is 16.6. The van der Waals surface area contributed by atoms with Gasteiger partial charge in [0.05, 0.1) is 10.6 Å². The molecule has 0 radical (unpaired) electrons. The summed E-state index contributed by atoms with van der Waals surface area (Å²) in [6, 6.07) is 13.1. The Balaban J connectivity index is 1.54. The van der Waals surface area contributed by atoms with Gasteiger partial charge in [-0.2, -0.15) is 5.10 Å². The molecule has 0 saturated carbocycles. The maximum Gasteiger partial charge on any atom is 0.291 e. The summed E-state index contributed by atoms with van der Waals surface area (Å²) in [6.07, 6.45) is 2.93. The molecule has 3 aromatic rings. The Morgan fingerprint density at radius 1 is 1.12 bits per heavy atom. The van der Waals surface area contributed by atoms with Gasteiger partial charge in [0.25, 0.3) is 17.5 Å². The van der Waals surface area contributed by atoms with Crippen molar-refractivity contribution < 1.29 is 18.9 Å². The highest BCUT2D eigenvalue weighted by Crippen LogP contribution is 2.30. The van der Waals surface area contributed by atoms with Gasteiger partial charge in [0, 0.05) is 40.9 Å². The molecule has 2 aromatic carbocycles. The van der Waals surface area contributed by atoms with Crippen molar-refractivity contribution in [3.05, 3.63) is 92.4 Å². The number of furan rings is 1. The van der Waals surface area contributed by atoms with Gasteiger partial charge < -0.3 is 9.73 Å². The lowest BCUT2D eigenvalue weighted by Crippen LogP contribution is -2.22. The third-order valence-electron chi connectivity index (χ3n) is 5.76. The molecule has 0 unspecified atom stereocenters. The van der Waals surface area contributed by atoms with Gasteiger partial charge in [0.2, 0.25) is 0 Å². The Labute approximate surface area is 196 Å². The summed E-state index contributed by atoms with van der Waals surface area (Å²) in [5.41, 5.74) is 6.26. The second-order valence-corrected chi connectivity index (χ2v) is 8.02.